The van der Waals surface area contributed by atoms with Crippen molar-refractivity contribution in [1.29, 1.82) is 0 Å². The summed E-state index contributed by atoms with van der Waals surface area (Å²) in [7, 11) is 0. The number of aldehydes is 1. The summed E-state index contributed by atoms with van der Waals surface area (Å²) in [5.74, 6) is 0.325. The van der Waals surface area contributed by atoms with Gasteiger partial charge in [-0.3, -0.25) is 0 Å². The molecule has 11 heavy (non-hydrogen) atoms. The molecule has 0 amide bonds. The Labute approximate surface area is 68.4 Å². The van der Waals surface area contributed by atoms with Gasteiger partial charge in [-0.2, -0.15) is 0 Å². The van der Waals surface area contributed by atoms with Crippen molar-refractivity contribution in [3.8, 4) is 0 Å². The van der Waals surface area contributed by atoms with E-state index in [1.54, 1.807) is 0 Å². The van der Waals surface area contributed by atoms with E-state index in [9.17, 15) is 4.79 Å². The second-order valence-electron chi connectivity index (χ2n) is 3.73. The second-order valence-corrected chi connectivity index (χ2v) is 3.73. The van der Waals surface area contributed by atoms with Crippen molar-refractivity contribution in [3.05, 3.63) is 0 Å². The molecule has 0 aliphatic heterocycles. The molecule has 1 N–H and O–H groups in total. The van der Waals surface area contributed by atoms with Crippen LogP contribution in [0.1, 0.15) is 33.1 Å². The molecule has 0 radical (unpaired) electrons. The molecule has 0 unspecified atom stereocenters. The van der Waals surface area contributed by atoms with Crippen LogP contribution in [0.15, 0.2) is 0 Å². The molecule has 0 heterocycles. The molecule has 0 aromatic carbocycles. The van der Waals surface area contributed by atoms with Crippen LogP contribution >= 0.6 is 0 Å². The van der Waals surface area contributed by atoms with Crippen LogP contribution in [0.2, 0.25) is 0 Å². The van der Waals surface area contributed by atoms with Crippen molar-refractivity contribution in [2.45, 2.75) is 45.2 Å². The molecule has 2 heteroatoms. The van der Waals surface area contributed by atoms with Crippen LogP contribution in [0.25, 0.3) is 0 Å². The van der Waals surface area contributed by atoms with Gasteiger partial charge in [0.1, 0.15) is 6.29 Å². The van der Waals surface area contributed by atoms with Crippen molar-refractivity contribution in [2.24, 2.45) is 5.92 Å². The zero-order valence-electron chi connectivity index (χ0n) is 7.34. The number of rotatable bonds is 3. The summed E-state index contributed by atoms with van der Waals surface area (Å²) in [5, 5.41) is 3.45. The zero-order valence-corrected chi connectivity index (χ0v) is 7.34. The number of hydrogen-bond donors (Lipinski definition) is 1. The molecule has 64 valence electrons. The third kappa shape index (κ3) is 2.62. The predicted molar refractivity (Wildman–Crippen MR) is 45.5 cm³/mol. The summed E-state index contributed by atoms with van der Waals surface area (Å²) in [6.45, 7) is 4.29. The third-order valence-corrected chi connectivity index (χ3v) is 2.23. The van der Waals surface area contributed by atoms with E-state index in [0.29, 0.717) is 18.0 Å². The van der Waals surface area contributed by atoms with Crippen molar-refractivity contribution >= 4 is 6.29 Å². The van der Waals surface area contributed by atoms with Gasteiger partial charge in [0, 0.05) is 18.0 Å². The van der Waals surface area contributed by atoms with Crippen molar-refractivity contribution in [1.82, 2.24) is 5.32 Å². The molecule has 0 bridgehead atoms. The summed E-state index contributed by atoms with van der Waals surface area (Å²) < 4.78 is 0. The molecule has 1 fully saturated rings. The summed E-state index contributed by atoms with van der Waals surface area (Å²) in [4.78, 5) is 10.4. The lowest BCUT2D eigenvalue weighted by atomic mass is 10.1. The first-order valence-electron chi connectivity index (χ1n) is 4.43. The van der Waals surface area contributed by atoms with Crippen LogP contribution in [-0.2, 0) is 4.79 Å². The molecule has 0 aromatic rings. The van der Waals surface area contributed by atoms with Gasteiger partial charge in [-0.25, -0.2) is 0 Å². The maximum absolute atomic E-state index is 10.4. The maximum Gasteiger partial charge on any atom is 0.123 e. The van der Waals surface area contributed by atoms with Gasteiger partial charge in [0.2, 0.25) is 0 Å². The SMILES string of the molecule is CC(C)N[C@@H]1CC[C@H](C=O)C1. The highest BCUT2D eigenvalue weighted by atomic mass is 16.1. The van der Waals surface area contributed by atoms with Crippen molar-refractivity contribution in [3.63, 3.8) is 0 Å². The Morgan fingerprint density at radius 3 is 2.64 bits per heavy atom. The van der Waals surface area contributed by atoms with E-state index in [2.05, 4.69) is 19.2 Å². The minimum atomic E-state index is 0.325. The fourth-order valence-corrected chi connectivity index (χ4v) is 1.76. The minimum absolute atomic E-state index is 0.325. The number of hydrogen-bond acceptors (Lipinski definition) is 2. The lowest BCUT2D eigenvalue weighted by Gasteiger charge is -2.14. The van der Waals surface area contributed by atoms with Gasteiger partial charge in [-0.1, -0.05) is 13.8 Å². The van der Waals surface area contributed by atoms with Gasteiger partial charge < -0.3 is 10.1 Å². The fourth-order valence-electron chi connectivity index (χ4n) is 1.76. The molecule has 1 aliphatic carbocycles. The fraction of sp³-hybridized carbons (Fsp3) is 0.889. The van der Waals surface area contributed by atoms with Crippen LogP contribution in [0.4, 0.5) is 0 Å². The maximum atomic E-state index is 10.4. The normalized spacial score (nSPS) is 31.2. The zero-order chi connectivity index (χ0) is 8.27. The van der Waals surface area contributed by atoms with Crippen LogP contribution in [0.5, 0.6) is 0 Å². The molecule has 2 nitrogen and oxygen atoms in total. The lowest BCUT2D eigenvalue weighted by molar-refractivity contribution is -0.110. The van der Waals surface area contributed by atoms with Crippen molar-refractivity contribution < 1.29 is 4.79 Å². The Balaban J connectivity index is 2.24. The van der Waals surface area contributed by atoms with E-state index >= 15 is 0 Å². The van der Waals surface area contributed by atoms with Gasteiger partial charge in [0.25, 0.3) is 0 Å². The highest BCUT2D eigenvalue weighted by molar-refractivity contribution is 5.54. The Morgan fingerprint density at radius 1 is 1.45 bits per heavy atom. The Bertz CT molecular complexity index is 134. The molecule has 0 spiro atoms. The van der Waals surface area contributed by atoms with E-state index < -0.39 is 0 Å². The number of nitrogens with one attached hydrogen (secondary N) is 1. The molecule has 2 atom stereocenters. The van der Waals surface area contributed by atoms with Crippen LogP contribution in [0.3, 0.4) is 0 Å². The average Bonchev–Trinajstić information content (AvgIpc) is 2.34. The summed E-state index contributed by atoms with van der Waals surface area (Å²) in [6, 6.07) is 1.13. The largest absolute Gasteiger partial charge is 0.312 e. The number of carbonyl (C=O) groups is 1. The average molecular weight is 155 g/mol. The Hall–Kier alpha value is -0.370. The minimum Gasteiger partial charge on any atom is -0.312 e. The lowest BCUT2D eigenvalue weighted by Crippen LogP contribution is -2.32. The summed E-state index contributed by atoms with van der Waals surface area (Å²) >= 11 is 0. The van der Waals surface area contributed by atoms with Crippen LogP contribution in [0, 0.1) is 5.92 Å². The molecule has 1 aliphatic rings. The smallest absolute Gasteiger partial charge is 0.123 e. The first kappa shape index (κ1) is 8.72. The van der Waals surface area contributed by atoms with Gasteiger partial charge in [0.05, 0.1) is 0 Å². The standard InChI is InChI=1S/C9H17NO/c1-7(2)10-9-4-3-8(5-9)6-11/h6-10H,3-5H2,1-2H3/t8-,9+/m0/s1. The molecule has 1 saturated carbocycles. The summed E-state index contributed by atoms with van der Waals surface area (Å²) in [5.41, 5.74) is 0. The first-order chi connectivity index (χ1) is 5.22. The summed E-state index contributed by atoms with van der Waals surface area (Å²) in [6.07, 6.45) is 4.39. The van der Waals surface area contributed by atoms with E-state index in [4.69, 9.17) is 0 Å². The molecule has 0 aromatic heterocycles. The molecule has 0 saturated heterocycles. The van der Waals surface area contributed by atoms with E-state index in [1.807, 2.05) is 0 Å². The monoisotopic (exact) mass is 155 g/mol. The Morgan fingerprint density at radius 2 is 2.18 bits per heavy atom. The predicted octanol–water partition coefficient (Wildman–Crippen LogP) is 1.35. The third-order valence-electron chi connectivity index (χ3n) is 2.23. The highest BCUT2D eigenvalue weighted by Gasteiger charge is 2.23. The quantitative estimate of drug-likeness (QED) is 0.623. The van der Waals surface area contributed by atoms with E-state index in [0.717, 1.165) is 19.1 Å². The topological polar surface area (TPSA) is 29.1 Å². The Kier molecular flexibility index (Phi) is 3.06. The van der Waals surface area contributed by atoms with Crippen LogP contribution in [-0.4, -0.2) is 18.4 Å². The van der Waals surface area contributed by atoms with E-state index in [-0.39, 0.29) is 0 Å². The van der Waals surface area contributed by atoms with Gasteiger partial charge in [-0.15, -0.1) is 0 Å². The van der Waals surface area contributed by atoms with E-state index in [1.165, 1.54) is 6.42 Å². The second kappa shape index (κ2) is 3.86. The first-order valence-corrected chi connectivity index (χ1v) is 4.43. The van der Waals surface area contributed by atoms with Crippen molar-refractivity contribution in [2.75, 3.05) is 0 Å². The molecular weight excluding hydrogens is 138 g/mol. The number of carbonyl (C=O) groups excluding carboxylic acids is 1. The van der Waals surface area contributed by atoms with Gasteiger partial charge in [0.15, 0.2) is 0 Å². The van der Waals surface area contributed by atoms with Gasteiger partial charge in [-0.05, 0) is 19.3 Å². The van der Waals surface area contributed by atoms with Gasteiger partial charge >= 0.3 is 0 Å². The molecule has 1 rings (SSSR count). The van der Waals surface area contributed by atoms with Crippen LogP contribution < -0.4 is 5.32 Å². The molecular formula is C9H17NO. The highest BCUT2D eigenvalue weighted by Crippen LogP contribution is 2.23.